The fourth-order valence-corrected chi connectivity index (χ4v) is 1.84. The van der Waals surface area contributed by atoms with E-state index in [2.05, 4.69) is 10.0 Å². The molecule has 1 aromatic carbocycles. The normalized spacial score (nSPS) is 10.3. The summed E-state index contributed by atoms with van der Waals surface area (Å²) in [6.07, 6.45) is 1.95. The third kappa shape index (κ3) is 1.77. The van der Waals surface area contributed by atoms with Gasteiger partial charge >= 0.3 is 0 Å². The summed E-state index contributed by atoms with van der Waals surface area (Å²) < 4.78 is 1.98. The van der Waals surface area contributed by atoms with Gasteiger partial charge in [0.05, 0.1) is 6.54 Å². The highest BCUT2D eigenvalue weighted by atomic mass is 35.5. The largest absolute Gasteiger partial charge is 0.350 e. The standard InChI is InChI=1S/C10H9ClN4/c1-15-6-7(5-13-14-12)9-3-2-8(11)4-10(9)15/h2-4,6H,5H2,1H3. The van der Waals surface area contributed by atoms with Crippen molar-refractivity contribution in [3.8, 4) is 0 Å². The first-order valence-corrected chi connectivity index (χ1v) is 4.84. The minimum absolute atomic E-state index is 0.371. The second-order valence-corrected chi connectivity index (χ2v) is 3.75. The van der Waals surface area contributed by atoms with Gasteiger partial charge in [-0.3, -0.25) is 0 Å². The predicted octanol–water partition coefficient (Wildman–Crippen LogP) is 3.64. The molecule has 0 bridgehead atoms. The van der Waals surface area contributed by atoms with Crippen molar-refractivity contribution in [1.82, 2.24) is 4.57 Å². The Morgan fingerprint density at radius 3 is 3.07 bits per heavy atom. The van der Waals surface area contributed by atoms with E-state index in [9.17, 15) is 0 Å². The van der Waals surface area contributed by atoms with Crippen LogP contribution in [0, 0.1) is 0 Å². The monoisotopic (exact) mass is 220 g/mol. The van der Waals surface area contributed by atoms with Crippen LogP contribution in [0.4, 0.5) is 0 Å². The van der Waals surface area contributed by atoms with Gasteiger partial charge in [0.1, 0.15) is 0 Å². The molecule has 5 heteroatoms. The molecule has 76 valence electrons. The summed E-state index contributed by atoms with van der Waals surface area (Å²) in [5.41, 5.74) is 10.3. The van der Waals surface area contributed by atoms with Crippen molar-refractivity contribution in [2.45, 2.75) is 6.54 Å². The van der Waals surface area contributed by atoms with Crippen molar-refractivity contribution in [3.63, 3.8) is 0 Å². The number of halogens is 1. The molecule has 15 heavy (non-hydrogen) atoms. The molecule has 1 aromatic heterocycles. The van der Waals surface area contributed by atoms with Crippen LogP contribution in [0.3, 0.4) is 0 Å². The first-order valence-electron chi connectivity index (χ1n) is 4.46. The van der Waals surface area contributed by atoms with Gasteiger partial charge in [0.25, 0.3) is 0 Å². The highest BCUT2D eigenvalue weighted by Gasteiger charge is 2.05. The summed E-state index contributed by atoms with van der Waals surface area (Å²) in [6.45, 7) is 0.371. The number of aryl methyl sites for hydroxylation is 1. The van der Waals surface area contributed by atoms with Gasteiger partial charge < -0.3 is 4.57 Å². The Bertz CT molecular complexity index is 552. The van der Waals surface area contributed by atoms with E-state index in [0.717, 1.165) is 16.5 Å². The van der Waals surface area contributed by atoms with Gasteiger partial charge in [-0.2, -0.15) is 0 Å². The molecule has 0 saturated carbocycles. The number of hydrogen-bond acceptors (Lipinski definition) is 1. The van der Waals surface area contributed by atoms with Crippen LogP contribution in [0.2, 0.25) is 5.02 Å². The van der Waals surface area contributed by atoms with Crippen LogP contribution < -0.4 is 0 Å². The third-order valence-corrected chi connectivity index (χ3v) is 2.57. The lowest BCUT2D eigenvalue weighted by atomic mass is 10.2. The smallest absolute Gasteiger partial charge is 0.0532 e. The van der Waals surface area contributed by atoms with Crippen molar-refractivity contribution in [2.24, 2.45) is 12.2 Å². The van der Waals surface area contributed by atoms with Crippen molar-refractivity contribution in [3.05, 3.63) is 45.4 Å². The van der Waals surface area contributed by atoms with Gasteiger partial charge in [0, 0.05) is 34.1 Å². The third-order valence-electron chi connectivity index (χ3n) is 2.34. The Hall–Kier alpha value is -1.64. The quantitative estimate of drug-likeness (QED) is 0.422. The highest BCUT2D eigenvalue weighted by Crippen LogP contribution is 2.24. The number of fused-ring (bicyclic) bond motifs is 1. The number of azide groups is 1. The fourth-order valence-electron chi connectivity index (χ4n) is 1.67. The lowest BCUT2D eigenvalue weighted by molar-refractivity contribution is 0.946. The van der Waals surface area contributed by atoms with E-state index in [1.54, 1.807) is 0 Å². The molecule has 4 nitrogen and oxygen atoms in total. The number of hydrogen-bond donors (Lipinski definition) is 0. The SMILES string of the molecule is Cn1cc(CN=[N+]=[N-])c2ccc(Cl)cc21. The first-order chi connectivity index (χ1) is 7.22. The van der Waals surface area contributed by atoms with E-state index in [1.165, 1.54) is 0 Å². The molecule has 0 aliphatic carbocycles. The molecule has 0 atom stereocenters. The molecule has 0 spiro atoms. The summed E-state index contributed by atoms with van der Waals surface area (Å²) in [5.74, 6) is 0. The second kappa shape index (κ2) is 3.85. The summed E-state index contributed by atoms with van der Waals surface area (Å²) >= 11 is 5.91. The molecule has 0 aliphatic rings. The van der Waals surface area contributed by atoms with Crippen LogP contribution >= 0.6 is 11.6 Å². The summed E-state index contributed by atoms with van der Waals surface area (Å²) in [6, 6.07) is 5.68. The molecular weight excluding hydrogens is 212 g/mol. The molecule has 0 radical (unpaired) electrons. The zero-order chi connectivity index (χ0) is 10.8. The maximum Gasteiger partial charge on any atom is 0.0532 e. The summed E-state index contributed by atoms with van der Waals surface area (Å²) in [7, 11) is 1.94. The number of nitrogens with zero attached hydrogens (tertiary/aromatic N) is 4. The van der Waals surface area contributed by atoms with E-state index >= 15 is 0 Å². The molecule has 0 aliphatic heterocycles. The van der Waals surface area contributed by atoms with Crippen LogP contribution in [0.25, 0.3) is 21.3 Å². The van der Waals surface area contributed by atoms with Crippen LogP contribution in [0.5, 0.6) is 0 Å². The highest BCUT2D eigenvalue weighted by molar-refractivity contribution is 6.31. The zero-order valence-electron chi connectivity index (χ0n) is 8.18. The van der Waals surface area contributed by atoms with Crippen molar-refractivity contribution in [2.75, 3.05) is 0 Å². The van der Waals surface area contributed by atoms with Gasteiger partial charge in [0.2, 0.25) is 0 Å². The Balaban J connectivity index is 2.62. The van der Waals surface area contributed by atoms with E-state index in [4.69, 9.17) is 17.1 Å². The Labute approximate surface area is 91.7 Å². The lowest BCUT2D eigenvalue weighted by Crippen LogP contribution is -1.82. The fraction of sp³-hybridized carbons (Fsp3) is 0.200. The topological polar surface area (TPSA) is 53.7 Å². The predicted molar refractivity (Wildman–Crippen MR) is 60.8 cm³/mol. The van der Waals surface area contributed by atoms with Gasteiger partial charge in [-0.1, -0.05) is 22.8 Å². The van der Waals surface area contributed by atoms with Crippen LogP contribution in [0.15, 0.2) is 29.5 Å². The minimum atomic E-state index is 0.371. The van der Waals surface area contributed by atoms with E-state index in [1.807, 2.05) is 36.0 Å². The van der Waals surface area contributed by atoms with E-state index in [-0.39, 0.29) is 0 Å². The average molecular weight is 221 g/mol. The van der Waals surface area contributed by atoms with Crippen molar-refractivity contribution < 1.29 is 0 Å². The Morgan fingerprint density at radius 1 is 1.53 bits per heavy atom. The maximum atomic E-state index is 8.28. The molecule has 1 heterocycles. The minimum Gasteiger partial charge on any atom is -0.350 e. The second-order valence-electron chi connectivity index (χ2n) is 3.32. The molecule has 0 amide bonds. The molecule has 2 aromatic rings. The maximum absolute atomic E-state index is 8.28. The zero-order valence-corrected chi connectivity index (χ0v) is 8.94. The van der Waals surface area contributed by atoms with Gasteiger partial charge in [-0.15, -0.1) is 0 Å². The van der Waals surface area contributed by atoms with Crippen LogP contribution in [0.1, 0.15) is 5.56 Å². The van der Waals surface area contributed by atoms with Crippen molar-refractivity contribution >= 4 is 22.5 Å². The number of benzene rings is 1. The average Bonchev–Trinajstić information content (AvgIpc) is 2.53. The summed E-state index contributed by atoms with van der Waals surface area (Å²) in [4.78, 5) is 2.75. The summed E-state index contributed by atoms with van der Waals surface area (Å²) in [5, 5.41) is 5.35. The van der Waals surface area contributed by atoms with Gasteiger partial charge in [-0.05, 0) is 23.2 Å². The molecule has 0 saturated heterocycles. The molecule has 0 N–H and O–H groups in total. The van der Waals surface area contributed by atoms with E-state index in [0.29, 0.717) is 11.6 Å². The van der Waals surface area contributed by atoms with Gasteiger partial charge in [-0.25, -0.2) is 0 Å². The number of rotatable bonds is 2. The Morgan fingerprint density at radius 2 is 2.33 bits per heavy atom. The van der Waals surface area contributed by atoms with Crippen LogP contribution in [-0.4, -0.2) is 4.57 Å². The Kier molecular flexibility index (Phi) is 2.54. The number of aromatic nitrogens is 1. The molecule has 2 rings (SSSR count). The first kappa shape index (κ1) is 9.90. The molecule has 0 unspecified atom stereocenters. The molecular formula is C10H9ClN4. The van der Waals surface area contributed by atoms with Crippen LogP contribution in [-0.2, 0) is 13.6 Å². The molecule has 0 fully saturated rings. The van der Waals surface area contributed by atoms with E-state index < -0.39 is 0 Å². The van der Waals surface area contributed by atoms with Gasteiger partial charge in [0.15, 0.2) is 0 Å². The lowest BCUT2D eigenvalue weighted by Gasteiger charge is -1.96. The van der Waals surface area contributed by atoms with Crippen molar-refractivity contribution in [1.29, 1.82) is 0 Å².